The Labute approximate surface area is 146 Å². The summed E-state index contributed by atoms with van der Waals surface area (Å²) in [6, 6.07) is 2.67. The second-order valence-corrected chi connectivity index (χ2v) is 6.09. The van der Waals surface area contributed by atoms with E-state index >= 15 is 0 Å². The highest BCUT2D eigenvalue weighted by Gasteiger charge is 2.35. The fourth-order valence-corrected chi connectivity index (χ4v) is 2.86. The molecule has 0 atom stereocenters. The second kappa shape index (κ2) is 6.11. The van der Waals surface area contributed by atoms with E-state index in [1.807, 2.05) is 0 Å². The number of amides is 1. The van der Waals surface area contributed by atoms with Crippen molar-refractivity contribution >= 4 is 22.8 Å². The third kappa shape index (κ3) is 3.26. The third-order valence-electron chi connectivity index (χ3n) is 3.87. The molecule has 0 aliphatic rings. The molecule has 26 heavy (non-hydrogen) atoms. The summed E-state index contributed by atoms with van der Waals surface area (Å²) in [5.74, 6) is 0.0510. The van der Waals surface area contributed by atoms with Crippen LogP contribution in [0.1, 0.15) is 22.6 Å². The van der Waals surface area contributed by atoms with Gasteiger partial charge in [-0.1, -0.05) is 0 Å². The van der Waals surface area contributed by atoms with Crippen molar-refractivity contribution in [1.29, 1.82) is 0 Å². The van der Waals surface area contributed by atoms with Crippen LogP contribution in [-0.2, 0) is 24.6 Å². The number of carbonyl (C=O) groups is 1. The van der Waals surface area contributed by atoms with Crippen molar-refractivity contribution in [1.82, 2.24) is 24.5 Å². The van der Waals surface area contributed by atoms with Crippen molar-refractivity contribution in [3.8, 4) is 0 Å². The van der Waals surface area contributed by atoms with Crippen LogP contribution in [0.3, 0.4) is 0 Å². The lowest BCUT2D eigenvalue weighted by Gasteiger charge is -2.10. The number of aromatic nitrogens is 5. The Morgan fingerprint density at radius 2 is 1.85 bits per heavy atom. The van der Waals surface area contributed by atoms with E-state index in [0.717, 1.165) is 11.8 Å². The highest BCUT2D eigenvalue weighted by atomic mass is 19.4. The van der Waals surface area contributed by atoms with Crippen molar-refractivity contribution in [3.63, 3.8) is 0 Å². The van der Waals surface area contributed by atoms with Crippen LogP contribution in [0.4, 0.5) is 19.0 Å². The van der Waals surface area contributed by atoms with Crippen molar-refractivity contribution in [2.45, 2.75) is 33.5 Å². The van der Waals surface area contributed by atoms with Gasteiger partial charge in [-0.15, -0.1) is 0 Å². The van der Waals surface area contributed by atoms with Gasteiger partial charge in [-0.2, -0.15) is 23.4 Å². The van der Waals surface area contributed by atoms with E-state index in [0.29, 0.717) is 5.82 Å². The van der Waals surface area contributed by atoms with Gasteiger partial charge >= 0.3 is 6.18 Å². The molecule has 7 nitrogen and oxygen atoms in total. The van der Waals surface area contributed by atoms with E-state index < -0.39 is 17.6 Å². The molecule has 3 heterocycles. The number of hydrogen-bond donors (Lipinski definition) is 1. The number of nitrogens with one attached hydrogen (secondary N) is 1. The van der Waals surface area contributed by atoms with Crippen LogP contribution in [0.15, 0.2) is 12.1 Å². The van der Waals surface area contributed by atoms with Crippen LogP contribution >= 0.6 is 0 Å². The Morgan fingerprint density at radius 1 is 1.15 bits per heavy atom. The molecule has 10 heteroatoms. The summed E-state index contributed by atoms with van der Waals surface area (Å²) < 4.78 is 42.7. The van der Waals surface area contributed by atoms with E-state index in [1.54, 1.807) is 20.0 Å². The Hall–Kier alpha value is -2.91. The number of pyridine rings is 1. The smallest absolute Gasteiger partial charge is 0.309 e. The van der Waals surface area contributed by atoms with Gasteiger partial charge in [0.25, 0.3) is 0 Å². The lowest BCUT2D eigenvalue weighted by molar-refractivity contribution is -0.136. The van der Waals surface area contributed by atoms with Crippen molar-refractivity contribution in [2.24, 2.45) is 7.05 Å². The van der Waals surface area contributed by atoms with E-state index in [9.17, 15) is 18.0 Å². The molecule has 0 spiro atoms. The molecule has 1 N–H and O–H groups in total. The molecule has 0 aliphatic heterocycles. The topological polar surface area (TPSA) is 77.6 Å². The molecule has 0 aromatic carbocycles. The van der Waals surface area contributed by atoms with Crippen LogP contribution < -0.4 is 5.32 Å². The molecule has 0 saturated heterocycles. The average molecular weight is 366 g/mol. The zero-order valence-corrected chi connectivity index (χ0v) is 14.6. The Bertz CT molecular complexity index is 1000. The highest BCUT2D eigenvalue weighted by molar-refractivity contribution is 5.91. The van der Waals surface area contributed by atoms with Crippen LogP contribution in [-0.4, -0.2) is 30.5 Å². The summed E-state index contributed by atoms with van der Waals surface area (Å²) in [6.45, 7) is 4.46. The van der Waals surface area contributed by atoms with Crippen molar-refractivity contribution in [3.05, 3.63) is 34.8 Å². The molecule has 0 saturated carbocycles. The lowest BCUT2D eigenvalue weighted by Crippen LogP contribution is -2.21. The number of nitrogens with zero attached hydrogens (tertiary/aromatic N) is 5. The first-order valence-electron chi connectivity index (χ1n) is 7.78. The van der Waals surface area contributed by atoms with E-state index in [-0.39, 0.29) is 29.0 Å². The standard InChI is InChI=1S/C16H17F3N6O/c1-8-5-11(16(17,18)19)14-10(3)23-25(15(14)20-8)7-13(26)21-12-6-9(2)22-24(12)4/h5-6H,7H2,1-4H3,(H,21,26). The van der Waals surface area contributed by atoms with E-state index in [1.165, 1.54) is 23.2 Å². The zero-order chi connectivity index (χ0) is 19.2. The monoisotopic (exact) mass is 366 g/mol. The minimum Gasteiger partial charge on any atom is -0.309 e. The first-order valence-corrected chi connectivity index (χ1v) is 7.78. The molecule has 138 valence electrons. The quantitative estimate of drug-likeness (QED) is 0.773. The van der Waals surface area contributed by atoms with Crippen LogP contribution in [0.2, 0.25) is 0 Å². The van der Waals surface area contributed by atoms with Gasteiger partial charge in [-0.25, -0.2) is 9.67 Å². The predicted molar refractivity (Wildman–Crippen MR) is 88.6 cm³/mol. The van der Waals surface area contributed by atoms with Gasteiger partial charge in [-0.3, -0.25) is 9.48 Å². The molecular weight excluding hydrogens is 349 g/mol. The van der Waals surface area contributed by atoms with Gasteiger partial charge in [0.05, 0.1) is 22.3 Å². The third-order valence-corrected chi connectivity index (χ3v) is 3.87. The molecule has 0 fully saturated rings. The maximum Gasteiger partial charge on any atom is 0.417 e. The molecule has 0 aliphatic carbocycles. The summed E-state index contributed by atoms with van der Waals surface area (Å²) >= 11 is 0. The molecular formula is C16H17F3N6O. The molecule has 0 bridgehead atoms. The number of hydrogen-bond acceptors (Lipinski definition) is 4. The number of fused-ring (bicyclic) bond motifs is 1. The molecule has 0 radical (unpaired) electrons. The van der Waals surface area contributed by atoms with Crippen LogP contribution in [0.5, 0.6) is 0 Å². The Morgan fingerprint density at radius 3 is 2.42 bits per heavy atom. The number of alkyl halides is 3. The minimum absolute atomic E-state index is 0.0335. The minimum atomic E-state index is -4.53. The SMILES string of the molecule is Cc1cc(C(F)(F)F)c2c(C)nn(CC(=O)Nc3cc(C)nn3C)c2n1. The summed E-state index contributed by atoms with van der Waals surface area (Å²) in [4.78, 5) is 16.5. The van der Waals surface area contributed by atoms with Gasteiger partial charge in [0.2, 0.25) is 5.91 Å². The van der Waals surface area contributed by atoms with Gasteiger partial charge in [0.1, 0.15) is 12.4 Å². The maximum absolute atomic E-state index is 13.3. The van der Waals surface area contributed by atoms with E-state index in [2.05, 4.69) is 20.5 Å². The molecule has 0 unspecified atom stereocenters. The molecule has 3 rings (SSSR count). The first-order chi connectivity index (χ1) is 12.1. The van der Waals surface area contributed by atoms with E-state index in [4.69, 9.17) is 0 Å². The molecule has 3 aromatic rings. The normalized spacial score (nSPS) is 12.0. The Kier molecular flexibility index (Phi) is 4.21. The number of aryl methyl sites for hydroxylation is 4. The molecule has 3 aromatic heterocycles. The fraction of sp³-hybridized carbons (Fsp3) is 0.375. The number of halogens is 3. The summed E-state index contributed by atoms with van der Waals surface area (Å²) in [7, 11) is 1.68. The summed E-state index contributed by atoms with van der Waals surface area (Å²) in [6.07, 6.45) is -4.53. The number of carbonyl (C=O) groups excluding carboxylic acids is 1. The van der Waals surface area contributed by atoms with Gasteiger partial charge in [0, 0.05) is 18.8 Å². The predicted octanol–water partition coefficient (Wildman–Crippen LogP) is 2.75. The molecule has 1 amide bonds. The lowest BCUT2D eigenvalue weighted by atomic mass is 10.1. The van der Waals surface area contributed by atoms with Crippen molar-refractivity contribution < 1.29 is 18.0 Å². The number of anilines is 1. The fourth-order valence-electron chi connectivity index (χ4n) is 2.86. The Balaban J connectivity index is 1.97. The van der Waals surface area contributed by atoms with Crippen molar-refractivity contribution in [2.75, 3.05) is 5.32 Å². The largest absolute Gasteiger partial charge is 0.417 e. The van der Waals surface area contributed by atoms with Crippen LogP contribution in [0.25, 0.3) is 11.0 Å². The van der Waals surface area contributed by atoms with Gasteiger partial charge in [0.15, 0.2) is 5.65 Å². The summed E-state index contributed by atoms with van der Waals surface area (Å²) in [5, 5.41) is 10.8. The first kappa shape index (κ1) is 17.9. The van der Waals surface area contributed by atoms with Crippen LogP contribution in [0, 0.1) is 20.8 Å². The number of rotatable bonds is 3. The van der Waals surface area contributed by atoms with Gasteiger partial charge < -0.3 is 5.32 Å². The second-order valence-electron chi connectivity index (χ2n) is 6.09. The highest BCUT2D eigenvalue weighted by Crippen LogP contribution is 2.36. The average Bonchev–Trinajstić information content (AvgIpc) is 2.97. The maximum atomic E-state index is 13.3. The van der Waals surface area contributed by atoms with Gasteiger partial charge in [-0.05, 0) is 26.8 Å². The zero-order valence-electron chi connectivity index (χ0n) is 14.6. The summed E-state index contributed by atoms with van der Waals surface area (Å²) in [5.41, 5.74) is 0.338.